The number of hydrogen-bond donors (Lipinski definition) is 2. The second-order valence-corrected chi connectivity index (χ2v) is 4.48. The van der Waals surface area contributed by atoms with E-state index in [2.05, 4.69) is 15.4 Å². The molecule has 0 atom stereocenters. The molecule has 0 unspecified atom stereocenters. The van der Waals surface area contributed by atoms with E-state index in [1.54, 1.807) is 6.07 Å². The standard InChI is InChI=1S/C13H16N4O2S/c1-3-18-9-6-4-5-7-10(9)19-12-8-11(17-14)15-13(16-12)20-2/h4-8H,3,14H2,1-2H3,(H,15,16,17). The maximum absolute atomic E-state index is 5.76. The van der Waals surface area contributed by atoms with Crippen LogP contribution in [0.1, 0.15) is 6.92 Å². The molecule has 20 heavy (non-hydrogen) atoms. The number of nitrogen functional groups attached to an aromatic ring is 1. The monoisotopic (exact) mass is 292 g/mol. The Morgan fingerprint density at radius 3 is 2.65 bits per heavy atom. The molecule has 0 aliphatic rings. The van der Waals surface area contributed by atoms with Crippen molar-refractivity contribution in [1.82, 2.24) is 9.97 Å². The van der Waals surface area contributed by atoms with E-state index < -0.39 is 0 Å². The van der Waals surface area contributed by atoms with Crippen LogP contribution in [0.25, 0.3) is 0 Å². The summed E-state index contributed by atoms with van der Waals surface area (Å²) in [7, 11) is 0. The Morgan fingerprint density at radius 1 is 1.25 bits per heavy atom. The molecule has 0 aliphatic heterocycles. The summed E-state index contributed by atoms with van der Waals surface area (Å²) < 4.78 is 11.3. The quantitative estimate of drug-likeness (QED) is 0.366. The summed E-state index contributed by atoms with van der Waals surface area (Å²) in [5, 5.41) is 0.573. The lowest BCUT2D eigenvalue weighted by Gasteiger charge is -2.11. The third kappa shape index (κ3) is 3.52. The van der Waals surface area contributed by atoms with Crippen molar-refractivity contribution in [3.8, 4) is 17.4 Å². The molecule has 0 radical (unpaired) electrons. The third-order valence-electron chi connectivity index (χ3n) is 2.38. The fourth-order valence-electron chi connectivity index (χ4n) is 1.54. The van der Waals surface area contributed by atoms with E-state index in [9.17, 15) is 0 Å². The molecule has 0 spiro atoms. The van der Waals surface area contributed by atoms with Crippen molar-refractivity contribution in [3.63, 3.8) is 0 Å². The summed E-state index contributed by atoms with van der Waals surface area (Å²) in [5.41, 5.74) is 2.49. The molecule has 2 rings (SSSR count). The van der Waals surface area contributed by atoms with Crippen LogP contribution in [0.5, 0.6) is 17.4 Å². The Balaban J connectivity index is 2.29. The lowest BCUT2D eigenvalue weighted by molar-refractivity contribution is 0.319. The van der Waals surface area contributed by atoms with Crippen molar-refractivity contribution < 1.29 is 9.47 Å². The van der Waals surface area contributed by atoms with Crippen LogP contribution in [0.3, 0.4) is 0 Å². The van der Waals surface area contributed by atoms with E-state index in [4.69, 9.17) is 15.3 Å². The predicted octanol–water partition coefficient (Wildman–Crippen LogP) is 2.68. The first-order valence-electron chi connectivity index (χ1n) is 6.06. The van der Waals surface area contributed by atoms with Crippen molar-refractivity contribution in [2.75, 3.05) is 18.3 Å². The number of rotatable bonds is 6. The molecule has 6 nitrogen and oxygen atoms in total. The second-order valence-electron chi connectivity index (χ2n) is 3.70. The Kier molecular flexibility index (Phi) is 5.03. The van der Waals surface area contributed by atoms with Gasteiger partial charge in [-0.2, -0.15) is 4.98 Å². The molecule has 0 saturated heterocycles. The van der Waals surface area contributed by atoms with Crippen molar-refractivity contribution in [2.45, 2.75) is 12.1 Å². The Labute approximate surface area is 121 Å². The van der Waals surface area contributed by atoms with Crippen molar-refractivity contribution in [3.05, 3.63) is 30.3 Å². The summed E-state index contributed by atoms with van der Waals surface area (Å²) in [5.74, 6) is 7.55. The summed E-state index contributed by atoms with van der Waals surface area (Å²) in [6.45, 7) is 2.49. The molecular weight excluding hydrogens is 276 g/mol. The molecule has 1 aromatic carbocycles. The lowest BCUT2D eigenvalue weighted by Crippen LogP contribution is -2.09. The lowest BCUT2D eigenvalue weighted by atomic mass is 10.3. The fraction of sp³-hybridized carbons (Fsp3) is 0.231. The van der Waals surface area contributed by atoms with Crippen molar-refractivity contribution >= 4 is 17.6 Å². The summed E-state index contributed by atoms with van der Waals surface area (Å²) >= 11 is 1.41. The van der Waals surface area contributed by atoms with Gasteiger partial charge in [-0.3, -0.25) is 0 Å². The van der Waals surface area contributed by atoms with Crippen LogP contribution in [0, 0.1) is 0 Å². The first kappa shape index (κ1) is 14.4. The summed E-state index contributed by atoms with van der Waals surface area (Å²) in [6.07, 6.45) is 1.88. The maximum Gasteiger partial charge on any atom is 0.225 e. The highest BCUT2D eigenvalue weighted by Gasteiger charge is 2.09. The van der Waals surface area contributed by atoms with Crippen LogP contribution in [-0.4, -0.2) is 22.8 Å². The number of nitrogens with zero attached hydrogens (tertiary/aromatic N) is 2. The van der Waals surface area contributed by atoms with Crippen LogP contribution in [0.15, 0.2) is 35.5 Å². The number of aromatic nitrogens is 2. The van der Waals surface area contributed by atoms with E-state index in [0.29, 0.717) is 35.0 Å². The molecule has 1 aromatic heterocycles. The Morgan fingerprint density at radius 2 is 2.00 bits per heavy atom. The number of nitrogens with one attached hydrogen (secondary N) is 1. The molecule has 1 heterocycles. The van der Waals surface area contributed by atoms with Gasteiger partial charge >= 0.3 is 0 Å². The van der Waals surface area contributed by atoms with Crippen LogP contribution in [-0.2, 0) is 0 Å². The van der Waals surface area contributed by atoms with Gasteiger partial charge in [0.1, 0.15) is 5.82 Å². The average Bonchev–Trinajstić information content (AvgIpc) is 2.49. The van der Waals surface area contributed by atoms with Gasteiger partial charge in [0.2, 0.25) is 5.88 Å². The van der Waals surface area contributed by atoms with E-state index in [0.717, 1.165) is 0 Å². The number of hydrogen-bond acceptors (Lipinski definition) is 7. The van der Waals surface area contributed by atoms with E-state index >= 15 is 0 Å². The number of thioether (sulfide) groups is 1. The van der Waals surface area contributed by atoms with Gasteiger partial charge in [0, 0.05) is 6.07 Å². The van der Waals surface area contributed by atoms with Gasteiger partial charge in [-0.15, -0.1) is 0 Å². The first-order chi connectivity index (χ1) is 9.76. The zero-order valence-electron chi connectivity index (χ0n) is 11.3. The van der Waals surface area contributed by atoms with E-state index in [1.807, 2.05) is 37.4 Å². The molecular formula is C13H16N4O2S. The van der Waals surface area contributed by atoms with Gasteiger partial charge in [0.25, 0.3) is 0 Å². The summed E-state index contributed by atoms with van der Waals surface area (Å²) in [4.78, 5) is 8.45. The van der Waals surface area contributed by atoms with Crippen LogP contribution in [0.4, 0.5) is 5.82 Å². The van der Waals surface area contributed by atoms with Crippen LogP contribution < -0.4 is 20.7 Å². The van der Waals surface area contributed by atoms with Gasteiger partial charge in [0.15, 0.2) is 16.7 Å². The van der Waals surface area contributed by atoms with Gasteiger partial charge in [-0.25, -0.2) is 10.8 Å². The topological polar surface area (TPSA) is 82.3 Å². The molecule has 7 heteroatoms. The molecule has 0 fully saturated rings. The third-order valence-corrected chi connectivity index (χ3v) is 2.92. The van der Waals surface area contributed by atoms with Crippen LogP contribution in [0.2, 0.25) is 0 Å². The summed E-state index contributed by atoms with van der Waals surface area (Å²) in [6, 6.07) is 9.05. The number of nitrogens with two attached hydrogens (primary N) is 1. The van der Waals surface area contributed by atoms with E-state index in [1.165, 1.54) is 11.8 Å². The molecule has 2 aromatic rings. The SMILES string of the molecule is CCOc1ccccc1Oc1cc(NN)nc(SC)n1. The number of para-hydroxylation sites is 2. The predicted molar refractivity (Wildman–Crippen MR) is 79.3 cm³/mol. The zero-order chi connectivity index (χ0) is 14.4. The highest BCUT2D eigenvalue weighted by Crippen LogP contribution is 2.31. The van der Waals surface area contributed by atoms with Gasteiger partial charge < -0.3 is 14.9 Å². The second kappa shape index (κ2) is 6.97. The largest absolute Gasteiger partial charge is 0.490 e. The smallest absolute Gasteiger partial charge is 0.225 e. The Bertz CT molecular complexity index is 558. The molecule has 0 saturated carbocycles. The minimum atomic E-state index is 0.407. The molecule has 106 valence electrons. The van der Waals surface area contributed by atoms with Crippen molar-refractivity contribution in [1.29, 1.82) is 0 Å². The fourth-order valence-corrected chi connectivity index (χ4v) is 1.91. The van der Waals surface area contributed by atoms with Crippen molar-refractivity contribution in [2.24, 2.45) is 5.84 Å². The number of benzene rings is 1. The zero-order valence-corrected chi connectivity index (χ0v) is 12.1. The minimum Gasteiger partial charge on any atom is -0.490 e. The van der Waals surface area contributed by atoms with Gasteiger partial charge in [-0.05, 0) is 25.3 Å². The molecule has 3 N–H and O–H groups in total. The minimum absolute atomic E-state index is 0.407. The van der Waals surface area contributed by atoms with Crippen LogP contribution >= 0.6 is 11.8 Å². The number of ether oxygens (including phenoxy) is 2. The normalized spacial score (nSPS) is 10.2. The molecule has 0 bridgehead atoms. The number of hydrazine groups is 1. The van der Waals surface area contributed by atoms with E-state index in [-0.39, 0.29) is 0 Å². The highest BCUT2D eigenvalue weighted by atomic mass is 32.2. The molecule has 0 aliphatic carbocycles. The highest BCUT2D eigenvalue weighted by molar-refractivity contribution is 7.98. The number of anilines is 1. The first-order valence-corrected chi connectivity index (χ1v) is 7.28. The molecule has 0 amide bonds. The maximum atomic E-state index is 5.76. The Hall–Kier alpha value is -1.99. The van der Waals surface area contributed by atoms with Gasteiger partial charge in [0.05, 0.1) is 6.61 Å². The van der Waals surface area contributed by atoms with Gasteiger partial charge in [-0.1, -0.05) is 23.9 Å². The average molecular weight is 292 g/mol.